The minimum absolute atomic E-state index is 0.285. The Kier molecular flexibility index (Phi) is 1.72. The smallest absolute Gasteiger partial charge is 0.219 e. The number of aromatic nitrogens is 2. The summed E-state index contributed by atoms with van der Waals surface area (Å²) in [7, 11) is 0. The summed E-state index contributed by atoms with van der Waals surface area (Å²) in [6.07, 6.45) is 1.51. The zero-order valence-electron chi connectivity index (χ0n) is 6.00. The summed E-state index contributed by atoms with van der Waals surface area (Å²) in [6, 6.07) is 0. The van der Waals surface area contributed by atoms with Crippen LogP contribution in [0.3, 0.4) is 0 Å². The molecule has 0 fully saturated rings. The molecule has 0 saturated carbocycles. The Bertz CT molecular complexity index is 188. The lowest BCUT2D eigenvalue weighted by Crippen LogP contribution is -2.20. The summed E-state index contributed by atoms with van der Waals surface area (Å²) in [5.74, 6) is 0.403. The van der Waals surface area contributed by atoms with Gasteiger partial charge < -0.3 is 4.42 Å². The van der Waals surface area contributed by atoms with Crippen LogP contribution in [0, 0.1) is 0 Å². The van der Waals surface area contributed by atoms with Crippen molar-refractivity contribution in [1.82, 2.24) is 10.2 Å². The van der Waals surface area contributed by atoms with Crippen molar-refractivity contribution < 1.29 is 9.52 Å². The van der Waals surface area contributed by atoms with Gasteiger partial charge in [-0.3, -0.25) is 0 Å². The number of hydrogen-bond donors (Lipinski definition) is 0. The molecule has 55 valence electrons. The highest BCUT2D eigenvalue weighted by Crippen LogP contribution is 2.09. The highest BCUT2D eigenvalue weighted by atomic mass is 16.4. The first-order chi connectivity index (χ1) is 4.58. The van der Waals surface area contributed by atoms with Gasteiger partial charge in [0, 0.05) is 0 Å². The molecule has 0 aliphatic rings. The van der Waals surface area contributed by atoms with E-state index in [1.165, 1.54) is 6.39 Å². The molecule has 0 saturated heterocycles. The van der Waals surface area contributed by atoms with E-state index in [1.54, 1.807) is 13.8 Å². The molecular weight excluding hydrogens is 132 g/mol. The number of nitrogens with zero attached hydrogens (tertiary/aromatic N) is 2. The predicted octanol–water partition coefficient (Wildman–Crippen LogP) is 0.821. The van der Waals surface area contributed by atoms with Gasteiger partial charge in [-0.2, -0.15) is 0 Å². The molecule has 1 rings (SSSR count). The zero-order valence-corrected chi connectivity index (χ0v) is 6.00. The first-order valence-corrected chi connectivity index (χ1v) is 3.03. The van der Waals surface area contributed by atoms with Crippen LogP contribution in [-0.4, -0.2) is 15.8 Å². The largest absolute Gasteiger partial charge is 0.428 e. The Morgan fingerprint density at radius 2 is 2.40 bits per heavy atom. The number of hydrogen-bond acceptors (Lipinski definition) is 3. The molecule has 0 aromatic carbocycles. The van der Waals surface area contributed by atoms with Gasteiger partial charge in [0.2, 0.25) is 12.3 Å². The van der Waals surface area contributed by atoms with E-state index in [0.29, 0.717) is 5.89 Å². The predicted molar refractivity (Wildman–Crippen MR) is 32.8 cm³/mol. The Labute approximate surface area is 58.9 Å². The average molecular weight is 141 g/mol. The molecule has 0 atom stereocenters. The van der Waals surface area contributed by atoms with E-state index < -0.39 is 5.60 Å². The normalized spacial score (nSPS) is 11.9. The molecule has 0 amide bonds. The molecular formula is C6H9N2O2. The Hall–Kier alpha value is -0.900. The van der Waals surface area contributed by atoms with Crippen molar-refractivity contribution in [2.75, 3.05) is 0 Å². The van der Waals surface area contributed by atoms with Crippen molar-refractivity contribution >= 4 is 0 Å². The van der Waals surface area contributed by atoms with Crippen molar-refractivity contribution in [3.05, 3.63) is 12.3 Å². The molecule has 4 nitrogen and oxygen atoms in total. The SMILES string of the molecule is CC(C)([O])Cc1nnco1. The van der Waals surface area contributed by atoms with Gasteiger partial charge in [-0.25, -0.2) is 5.11 Å². The van der Waals surface area contributed by atoms with E-state index >= 15 is 0 Å². The minimum atomic E-state index is -1.02. The third kappa shape index (κ3) is 2.14. The van der Waals surface area contributed by atoms with Crippen LogP contribution in [0.1, 0.15) is 19.7 Å². The monoisotopic (exact) mass is 141 g/mol. The molecule has 1 radical (unpaired) electrons. The van der Waals surface area contributed by atoms with Crippen LogP contribution in [0.25, 0.3) is 0 Å². The van der Waals surface area contributed by atoms with Crippen LogP contribution in [0.5, 0.6) is 0 Å². The molecule has 0 aliphatic heterocycles. The van der Waals surface area contributed by atoms with Crippen LogP contribution >= 0.6 is 0 Å². The van der Waals surface area contributed by atoms with Crippen LogP contribution in [-0.2, 0) is 11.5 Å². The molecule has 0 N–H and O–H groups in total. The van der Waals surface area contributed by atoms with E-state index in [1.807, 2.05) is 0 Å². The molecule has 0 aliphatic carbocycles. The summed E-state index contributed by atoms with van der Waals surface area (Å²) >= 11 is 0. The molecule has 1 heterocycles. The Morgan fingerprint density at radius 1 is 1.70 bits per heavy atom. The fraction of sp³-hybridized carbons (Fsp3) is 0.667. The Morgan fingerprint density at radius 3 is 2.80 bits per heavy atom. The molecule has 0 spiro atoms. The second-order valence-corrected chi connectivity index (χ2v) is 2.77. The highest BCUT2D eigenvalue weighted by Gasteiger charge is 2.18. The van der Waals surface area contributed by atoms with Crippen molar-refractivity contribution in [3.8, 4) is 0 Å². The van der Waals surface area contributed by atoms with E-state index in [2.05, 4.69) is 10.2 Å². The van der Waals surface area contributed by atoms with E-state index in [9.17, 15) is 5.11 Å². The maximum Gasteiger partial charge on any atom is 0.219 e. The summed E-state index contributed by atoms with van der Waals surface area (Å²) < 4.78 is 4.79. The lowest BCUT2D eigenvalue weighted by atomic mass is 10.1. The summed E-state index contributed by atoms with van der Waals surface area (Å²) in [4.78, 5) is 0. The standard InChI is InChI=1S/C6H9N2O2/c1-6(2,9)3-5-8-7-4-10-5/h4H,3H2,1-2H3. The van der Waals surface area contributed by atoms with Crippen LogP contribution in [0.15, 0.2) is 10.8 Å². The first-order valence-electron chi connectivity index (χ1n) is 3.03. The Balaban J connectivity index is 2.57. The van der Waals surface area contributed by atoms with Gasteiger partial charge in [0.15, 0.2) is 0 Å². The summed E-state index contributed by atoms with van der Waals surface area (Å²) in [5, 5.41) is 18.1. The van der Waals surface area contributed by atoms with Crippen LogP contribution in [0.2, 0.25) is 0 Å². The van der Waals surface area contributed by atoms with E-state index in [4.69, 9.17) is 4.42 Å². The summed E-state index contributed by atoms with van der Waals surface area (Å²) in [5.41, 5.74) is -1.02. The highest BCUT2D eigenvalue weighted by molar-refractivity contribution is 4.82. The van der Waals surface area contributed by atoms with Crippen molar-refractivity contribution in [2.24, 2.45) is 0 Å². The van der Waals surface area contributed by atoms with E-state index in [0.717, 1.165) is 0 Å². The third-order valence-corrected chi connectivity index (χ3v) is 0.982. The van der Waals surface area contributed by atoms with Crippen molar-refractivity contribution in [2.45, 2.75) is 25.9 Å². The van der Waals surface area contributed by atoms with Crippen LogP contribution < -0.4 is 0 Å². The molecule has 1 aromatic rings. The third-order valence-electron chi connectivity index (χ3n) is 0.982. The maximum atomic E-state index is 11.0. The van der Waals surface area contributed by atoms with Crippen molar-refractivity contribution in [1.29, 1.82) is 0 Å². The second kappa shape index (κ2) is 2.38. The summed E-state index contributed by atoms with van der Waals surface area (Å²) in [6.45, 7) is 3.16. The topological polar surface area (TPSA) is 58.8 Å². The molecule has 10 heavy (non-hydrogen) atoms. The lowest BCUT2D eigenvalue weighted by molar-refractivity contribution is -0.000215. The molecule has 0 bridgehead atoms. The van der Waals surface area contributed by atoms with Gasteiger partial charge in [-0.15, -0.1) is 10.2 Å². The average Bonchev–Trinajstić information content (AvgIpc) is 2.12. The minimum Gasteiger partial charge on any atom is -0.428 e. The lowest BCUT2D eigenvalue weighted by Gasteiger charge is -2.09. The van der Waals surface area contributed by atoms with Gasteiger partial charge in [0.1, 0.15) is 5.60 Å². The van der Waals surface area contributed by atoms with Crippen LogP contribution in [0.4, 0.5) is 0 Å². The first kappa shape index (κ1) is 7.21. The van der Waals surface area contributed by atoms with Gasteiger partial charge >= 0.3 is 0 Å². The van der Waals surface area contributed by atoms with Gasteiger partial charge in [-0.1, -0.05) is 0 Å². The quantitative estimate of drug-likeness (QED) is 0.612. The zero-order chi connectivity index (χ0) is 7.61. The maximum absolute atomic E-state index is 11.0. The fourth-order valence-corrected chi connectivity index (χ4v) is 0.637. The van der Waals surface area contributed by atoms with E-state index in [-0.39, 0.29) is 6.42 Å². The molecule has 4 heteroatoms. The fourth-order valence-electron chi connectivity index (χ4n) is 0.637. The molecule has 1 aromatic heterocycles. The number of rotatable bonds is 2. The van der Waals surface area contributed by atoms with Crippen molar-refractivity contribution in [3.63, 3.8) is 0 Å². The van der Waals surface area contributed by atoms with Gasteiger partial charge in [-0.05, 0) is 13.8 Å². The van der Waals surface area contributed by atoms with Gasteiger partial charge in [0.05, 0.1) is 6.42 Å². The molecule has 0 unspecified atom stereocenters. The van der Waals surface area contributed by atoms with Gasteiger partial charge in [0.25, 0.3) is 0 Å². The second-order valence-electron chi connectivity index (χ2n) is 2.77.